The number of H-pyrrole nitrogens is 2. The number of hydrogen-bond acceptors (Lipinski definition) is 7. The van der Waals surface area contributed by atoms with Crippen LogP contribution in [0, 0.1) is 0 Å². The molecule has 22 heavy (non-hydrogen) atoms. The molecule has 2 N–H and O–H groups in total. The summed E-state index contributed by atoms with van der Waals surface area (Å²) in [6.45, 7) is 0.354. The van der Waals surface area contributed by atoms with Crippen LogP contribution in [0.4, 0.5) is 0 Å². The summed E-state index contributed by atoms with van der Waals surface area (Å²) in [5.41, 5.74) is 0. The molecule has 2 aromatic rings. The van der Waals surface area contributed by atoms with Gasteiger partial charge in [0, 0.05) is 4.57 Å². The van der Waals surface area contributed by atoms with E-state index in [-0.39, 0.29) is 24.0 Å². The third kappa shape index (κ3) is 5.58. The van der Waals surface area contributed by atoms with Gasteiger partial charge in [-0.15, -0.1) is 32.2 Å². The topological polar surface area (TPSA) is 119 Å². The van der Waals surface area contributed by atoms with Crippen LogP contribution in [0.15, 0.2) is 12.7 Å². The maximum Gasteiger partial charge on any atom is 0.697 e. The molecule has 2 aromatic heterocycles. The van der Waals surface area contributed by atoms with Crippen molar-refractivity contribution in [1.82, 2.24) is 30.4 Å². The van der Waals surface area contributed by atoms with Crippen LogP contribution in [0.1, 0.15) is 35.2 Å². The molecule has 9 nitrogen and oxygen atoms in total. The van der Waals surface area contributed by atoms with E-state index in [0.717, 1.165) is 0 Å². The molecule has 12 heteroatoms. The molecule has 0 fully saturated rings. The molecule has 2 heterocycles. The Morgan fingerprint density at radius 3 is 1.82 bits per heavy atom. The van der Waals surface area contributed by atoms with Crippen LogP contribution < -0.4 is 0 Å². The Bertz CT molecular complexity index is 507. The van der Waals surface area contributed by atoms with Crippen LogP contribution in [0.2, 0.25) is 0 Å². The SMILES string of the molecule is O=[P+](OCCC(Cl)c1ncn[nH]1)OCCC(Cl)c1ncn[nH]1. The van der Waals surface area contributed by atoms with Crippen molar-refractivity contribution in [3.8, 4) is 0 Å². The molecule has 0 aromatic carbocycles. The molecular formula is C10H14Cl2N6O3P+. The van der Waals surface area contributed by atoms with E-state index in [2.05, 4.69) is 30.4 Å². The minimum absolute atomic E-state index is 0.177. The minimum atomic E-state index is -2.22. The van der Waals surface area contributed by atoms with Crippen molar-refractivity contribution in [1.29, 1.82) is 0 Å². The second-order valence-electron chi connectivity index (χ2n) is 4.14. The maximum absolute atomic E-state index is 11.5. The Labute approximate surface area is 137 Å². The third-order valence-corrected chi connectivity index (χ3v) is 4.23. The molecule has 0 amide bonds. The minimum Gasteiger partial charge on any atom is -0.262 e. The zero-order valence-electron chi connectivity index (χ0n) is 11.4. The van der Waals surface area contributed by atoms with E-state index in [9.17, 15) is 4.57 Å². The average Bonchev–Trinajstić information content (AvgIpc) is 3.20. The van der Waals surface area contributed by atoms with E-state index in [1.54, 1.807) is 0 Å². The molecule has 2 unspecified atom stereocenters. The molecule has 0 bridgehead atoms. The highest BCUT2D eigenvalue weighted by atomic mass is 35.5. The molecular weight excluding hydrogens is 354 g/mol. The number of aromatic amines is 2. The highest BCUT2D eigenvalue weighted by Crippen LogP contribution is 2.29. The van der Waals surface area contributed by atoms with E-state index < -0.39 is 8.25 Å². The van der Waals surface area contributed by atoms with Gasteiger partial charge in [0.15, 0.2) is 0 Å². The van der Waals surface area contributed by atoms with Gasteiger partial charge in [-0.2, -0.15) is 10.2 Å². The fourth-order valence-electron chi connectivity index (χ4n) is 1.50. The Hall–Kier alpha value is -1.12. The molecule has 0 spiro atoms. The number of halogens is 2. The van der Waals surface area contributed by atoms with Gasteiger partial charge in [0.05, 0.1) is 10.8 Å². The first-order valence-electron chi connectivity index (χ1n) is 6.38. The zero-order valence-corrected chi connectivity index (χ0v) is 13.8. The fraction of sp³-hybridized carbons (Fsp3) is 0.600. The van der Waals surface area contributed by atoms with Gasteiger partial charge in [-0.3, -0.25) is 10.2 Å². The summed E-state index contributed by atoms with van der Waals surface area (Å²) in [6.07, 6.45) is 3.59. The molecule has 0 saturated heterocycles. The van der Waals surface area contributed by atoms with Crippen LogP contribution >= 0.6 is 31.5 Å². The first-order valence-corrected chi connectivity index (χ1v) is 8.35. The summed E-state index contributed by atoms with van der Waals surface area (Å²) in [6, 6.07) is 0. The zero-order chi connectivity index (χ0) is 15.8. The Morgan fingerprint density at radius 1 is 1.00 bits per heavy atom. The van der Waals surface area contributed by atoms with E-state index in [1.165, 1.54) is 12.7 Å². The summed E-state index contributed by atoms with van der Waals surface area (Å²) in [4.78, 5) is 7.84. The molecule has 2 atom stereocenters. The number of alkyl halides is 2. The standard InChI is InChI=1S/C10H14Cl2N6O3P/c11-7(9-13-5-15-17-9)1-3-20-22(19)21-4-2-8(12)10-14-6-16-18-10/h5-8H,1-4H2,(H,13,15,17)(H,14,16,18)/q+1. The molecule has 0 aliphatic rings. The number of nitrogens with one attached hydrogen (secondary N) is 2. The maximum atomic E-state index is 11.5. The van der Waals surface area contributed by atoms with Crippen molar-refractivity contribution < 1.29 is 13.6 Å². The van der Waals surface area contributed by atoms with E-state index in [1.807, 2.05) is 0 Å². The van der Waals surface area contributed by atoms with Gasteiger partial charge in [-0.1, -0.05) is 0 Å². The lowest BCUT2D eigenvalue weighted by molar-refractivity contribution is 0.220. The Kier molecular flexibility index (Phi) is 7.14. The van der Waals surface area contributed by atoms with Gasteiger partial charge in [0.1, 0.15) is 37.5 Å². The highest BCUT2D eigenvalue weighted by Gasteiger charge is 2.23. The molecule has 120 valence electrons. The summed E-state index contributed by atoms with van der Waals surface area (Å²) < 4.78 is 21.6. The average molecular weight is 368 g/mol. The van der Waals surface area contributed by atoms with Gasteiger partial charge in [0.25, 0.3) is 0 Å². The second kappa shape index (κ2) is 9.12. The predicted octanol–water partition coefficient (Wildman–Crippen LogP) is 2.65. The highest BCUT2D eigenvalue weighted by molar-refractivity contribution is 7.33. The van der Waals surface area contributed by atoms with Crippen molar-refractivity contribution in [3.63, 3.8) is 0 Å². The van der Waals surface area contributed by atoms with Gasteiger partial charge >= 0.3 is 8.25 Å². The monoisotopic (exact) mass is 367 g/mol. The first kappa shape index (κ1) is 17.2. The smallest absolute Gasteiger partial charge is 0.262 e. The third-order valence-electron chi connectivity index (χ3n) is 2.60. The predicted molar refractivity (Wildman–Crippen MR) is 78.7 cm³/mol. The number of nitrogens with zero attached hydrogens (tertiary/aromatic N) is 4. The molecule has 0 aliphatic carbocycles. The largest absolute Gasteiger partial charge is 0.697 e. The van der Waals surface area contributed by atoms with Crippen molar-refractivity contribution in [2.45, 2.75) is 23.6 Å². The van der Waals surface area contributed by atoms with Gasteiger partial charge in [-0.25, -0.2) is 9.97 Å². The van der Waals surface area contributed by atoms with E-state index in [4.69, 9.17) is 32.2 Å². The normalized spacial score (nSPS) is 14.7. The molecule has 0 aliphatic heterocycles. The fourth-order valence-corrected chi connectivity index (χ4v) is 2.48. The lowest BCUT2D eigenvalue weighted by Crippen LogP contribution is -2.00. The molecule has 2 rings (SSSR count). The van der Waals surface area contributed by atoms with Gasteiger partial charge in [0.2, 0.25) is 0 Å². The second-order valence-corrected chi connectivity index (χ2v) is 6.16. The summed E-state index contributed by atoms with van der Waals surface area (Å²) in [5, 5.41) is 11.9. The van der Waals surface area contributed by atoms with Crippen LogP contribution in [0.25, 0.3) is 0 Å². The quantitative estimate of drug-likeness (QED) is 0.489. The van der Waals surface area contributed by atoms with Crippen molar-refractivity contribution >= 4 is 31.5 Å². The number of hydrogen-bond donors (Lipinski definition) is 2. The Balaban J connectivity index is 1.56. The summed E-state index contributed by atoms with van der Waals surface area (Å²) in [7, 11) is -2.22. The Morgan fingerprint density at radius 2 is 1.45 bits per heavy atom. The van der Waals surface area contributed by atoms with E-state index >= 15 is 0 Å². The van der Waals surface area contributed by atoms with Crippen LogP contribution in [0.5, 0.6) is 0 Å². The lowest BCUT2D eigenvalue weighted by Gasteiger charge is -2.02. The van der Waals surface area contributed by atoms with Crippen molar-refractivity contribution in [2.75, 3.05) is 13.2 Å². The molecule has 0 radical (unpaired) electrons. The molecule has 0 saturated carbocycles. The lowest BCUT2D eigenvalue weighted by atomic mass is 10.3. The van der Waals surface area contributed by atoms with Gasteiger partial charge in [-0.05, 0) is 12.8 Å². The number of rotatable bonds is 10. The van der Waals surface area contributed by atoms with Crippen molar-refractivity contribution in [3.05, 3.63) is 24.3 Å². The van der Waals surface area contributed by atoms with Crippen LogP contribution in [-0.4, -0.2) is 43.6 Å². The van der Waals surface area contributed by atoms with Crippen molar-refractivity contribution in [2.24, 2.45) is 0 Å². The van der Waals surface area contributed by atoms with E-state index in [0.29, 0.717) is 24.5 Å². The summed E-state index contributed by atoms with van der Waals surface area (Å²) in [5.74, 6) is 1.08. The summed E-state index contributed by atoms with van der Waals surface area (Å²) >= 11 is 12.1. The van der Waals surface area contributed by atoms with Gasteiger partial charge < -0.3 is 0 Å². The first-order chi connectivity index (χ1) is 10.7. The van der Waals surface area contributed by atoms with Crippen LogP contribution in [-0.2, 0) is 13.6 Å². The van der Waals surface area contributed by atoms with Crippen LogP contribution in [0.3, 0.4) is 0 Å². The number of aromatic nitrogens is 6.